The number of hydrogen-bond acceptors (Lipinski definition) is 5. The molecule has 0 aliphatic rings. The van der Waals surface area contributed by atoms with Crippen molar-refractivity contribution in [2.24, 2.45) is 0 Å². The average molecular weight is 285 g/mol. The minimum absolute atomic E-state index is 0.0695. The molecule has 0 aromatic carbocycles. The van der Waals surface area contributed by atoms with Gasteiger partial charge in [0.15, 0.2) is 0 Å². The number of carbonyl (C=O) groups excluding carboxylic acids is 1. The minimum atomic E-state index is -2.97. The van der Waals surface area contributed by atoms with E-state index in [-0.39, 0.29) is 11.7 Å². The van der Waals surface area contributed by atoms with Crippen molar-refractivity contribution in [1.82, 2.24) is 10.3 Å². The summed E-state index contributed by atoms with van der Waals surface area (Å²) in [7, 11) is -2.97. The van der Waals surface area contributed by atoms with E-state index in [9.17, 15) is 13.2 Å². The fourth-order valence-electron chi connectivity index (χ4n) is 1.46. The van der Waals surface area contributed by atoms with Crippen LogP contribution in [0.1, 0.15) is 23.8 Å². The Hall–Kier alpha value is -1.63. The molecule has 2 N–H and O–H groups in total. The van der Waals surface area contributed by atoms with Crippen LogP contribution < -0.4 is 10.6 Å². The van der Waals surface area contributed by atoms with E-state index in [0.717, 1.165) is 12.2 Å². The third-order valence-corrected chi connectivity index (χ3v) is 3.38. The fraction of sp³-hybridized carbons (Fsp3) is 0.500. The van der Waals surface area contributed by atoms with Gasteiger partial charge >= 0.3 is 0 Å². The highest BCUT2D eigenvalue weighted by Gasteiger charge is 2.07. The van der Waals surface area contributed by atoms with Crippen molar-refractivity contribution < 1.29 is 13.2 Å². The Balaban J connectivity index is 2.41. The van der Waals surface area contributed by atoms with E-state index in [2.05, 4.69) is 15.6 Å². The molecule has 0 spiro atoms. The van der Waals surface area contributed by atoms with Crippen LogP contribution in [0.3, 0.4) is 0 Å². The number of rotatable bonds is 7. The van der Waals surface area contributed by atoms with Gasteiger partial charge in [0.2, 0.25) is 0 Å². The highest BCUT2D eigenvalue weighted by molar-refractivity contribution is 7.90. The zero-order valence-corrected chi connectivity index (χ0v) is 12.0. The topological polar surface area (TPSA) is 88.2 Å². The average Bonchev–Trinajstić information content (AvgIpc) is 2.34. The number of pyridine rings is 1. The van der Waals surface area contributed by atoms with Crippen LogP contribution in [0.25, 0.3) is 0 Å². The molecule has 0 saturated heterocycles. The molecule has 106 valence electrons. The van der Waals surface area contributed by atoms with Gasteiger partial charge in [-0.1, -0.05) is 0 Å². The zero-order valence-electron chi connectivity index (χ0n) is 11.1. The highest BCUT2D eigenvalue weighted by Crippen LogP contribution is 2.05. The number of carbonyl (C=O) groups is 1. The molecule has 0 saturated carbocycles. The Morgan fingerprint density at radius 2 is 2.11 bits per heavy atom. The van der Waals surface area contributed by atoms with Gasteiger partial charge in [0.05, 0.1) is 17.6 Å². The number of amides is 1. The van der Waals surface area contributed by atoms with Gasteiger partial charge in [-0.15, -0.1) is 0 Å². The molecule has 0 aliphatic heterocycles. The molecule has 0 unspecified atom stereocenters. The summed E-state index contributed by atoms with van der Waals surface area (Å²) in [5.41, 5.74) is 1.18. The Kier molecular flexibility index (Phi) is 5.75. The first-order valence-electron chi connectivity index (χ1n) is 6.08. The quantitative estimate of drug-likeness (QED) is 0.719. The van der Waals surface area contributed by atoms with Crippen molar-refractivity contribution in [3.63, 3.8) is 0 Å². The summed E-state index contributed by atoms with van der Waals surface area (Å²) in [5, 5.41) is 5.72. The first kappa shape index (κ1) is 15.4. The maximum absolute atomic E-state index is 11.7. The Bertz CT molecular complexity index is 512. The molecule has 1 rings (SSSR count). The maximum atomic E-state index is 11.7. The second-order valence-corrected chi connectivity index (χ2v) is 6.46. The van der Waals surface area contributed by atoms with E-state index in [1.807, 2.05) is 6.92 Å². The summed E-state index contributed by atoms with van der Waals surface area (Å²) in [5.74, 6) is -0.225. The largest absolute Gasteiger partial charge is 0.384 e. The lowest BCUT2D eigenvalue weighted by Gasteiger charge is -2.06. The van der Waals surface area contributed by atoms with E-state index in [0.29, 0.717) is 18.7 Å². The maximum Gasteiger partial charge on any atom is 0.269 e. The second-order valence-electron chi connectivity index (χ2n) is 4.20. The summed E-state index contributed by atoms with van der Waals surface area (Å²) in [6.07, 6.45) is 3.17. The molecule has 0 bridgehead atoms. The molecule has 0 atom stereocenters. The summed E-state index contributed by atoms with van der Waals surface area (Å²) >= 11 is 0. The van der Waals surface area contributed by atoms with E-state index in [4.69, 9.17) is 0 Å². The number of sulfone groups is 1. The van der Waals surface area contributed by atoms with Crippen LogP contribution in [-0.4, -0.2) is 44.4 Å². The molecular weight excluding hydrogens is 266 g/mol. The van der Waals surface area contributed by atoms with Crippen molar-refractivity contribution in [2.75, 3.05) is 30.4 Å². The van der Waals surface area contributed by atoms with Crippen molar-refractivity contribution in [2.45, 2.75) is 13.3 Å². The number of hydrogen-bond donors (Lipinski definition) is 2. The lowest BCUT2D eigenvalue weighted by atomic mass is 10.3. The molecule has 1 heterocycles. The van der Waals surface area contributed by atoms with Gasteiger partial charge in [0, 0.05) is 19.3 Å². The lowest BCUT2D eigenvalue weighted by Crippen LogP contribution is -2.26. The van der Waals surface area contributed by atoms with Gasteiger partial charge < -0.3 is 10.6 Å². The van der Waals surface area contributed by atoms with Crippen LogP contribution in [0.4, 0.5) is 5.69 Å². The summed E-state index contributed by atoms with van der Waals surface area (Å²) in [6, 6.07) is 3.41. The smallest absolute Gasteiger partial charge is 0.269 e. The third kappa shape index (κ3) is 6.19. The molecular formula is C12H19N3O3S. The fourth-order valence-corrected chi connectivity index (χ4v) is 2.13. The molecule has 1 aromatic heterocycles. The van der Waals surface area contributed by atoms with Crippen LogP contribution in [0.15, 0.2) is 18.3 Å². The van der Waals surface area contributed by atoms with E-state index in [1.54, 1.807) is 18.3 Å². The summed E-state index contributed by atoms with van der Waals surface area (Å²) < 4.78 is 21.8. The number of nitrogens with one attached hydrogen (secondary N) is 2. The Morgan fingerprint density at radius 3 is 2.63 bits per heavy atom. The predicted molar refractivity (Wildman–Crippen MR) is 75.1 cm³/mol. The van der Waals surface area contributed by atoms with E-state index in [1.165, 1.54) is 6.26 Å². The normalized spacial score (nSPS) is 11.1. The molecule has 7 heteroatoms. The molecule has 1 amide bonds. The van der Waals surface area contributed by atoms with Gasteiger partial charge in [-0.3, -0.25) is 4.79 Å². The predicted octanol–water partition coefficient (Wildman–Crippen LogP) is 0.678. The van der Waals surface area contributed by atoms with Crippen LogP contribution in [0.5, 0.6) is 0 Å². The SMILES string of the molecule is CCNc1ccc(C(=O)NCCCS(C)(=O)=O)nc1. The van der Waals surface area contributed by atoms with Crippen molar-refractivity contribution in [1.29, 1.82) is 0 Å². The monoisotopic (exact) mass is 285 g/mol. The molecule has 19 heavy (non-hydrogen) atoms. The zero-order chi connectivity index (χ0) is 14.3. The van der Waals surface area contributed by atoms with Crippen molar-refractivity contribution in [3.05, 3.63) is 24.0 Å². The van der Waals surface area contributed by atoms with E-state index < -0.39 is 9.84 Å². The van der Waals surface area contributed by atoms with Crippen LogP contribution in [0, 0.1) is 0 Å². The van der Waals surface area contributed by atoms with Crippen molar-refractivity contribution >= 4 is 21.4 Å². The first-order chi connectivity index (χ1) is 8.92. The Labute approximate surface area is 113 Å². The number of aromatic nitrogens is 1. The molecule has 0 radical (unpaired) electrons. The molecule has 0 fully saturated rings. The van der Waals surface area contributed by atoms with Gasteiger partial charge in [0.1, 0.15) is 15.5 Å². The number of nitrogens with zero attached hydrogens (tertiary/aromatic N) is 1. The van der Waals surface area contributed by atoms with Gasteiger partial charge in [-0.25, -0.2) is 13.4 Å². The lowest BCUT2D eigenvalue weighted by molar-refractivity contribution is 0.0949. The minimum Gasteiger partial charge on any atom is -0.384 e. The molecule has 1 aromatic rings. The van der Waals surface area contributed by atoms with Gasteiger partial charge in [-0.2, -0.15) is 0 Å². The molecule has 6 nitrogen and oxygen atoms in total. The standard InChI is InChI=1S/C12H19N3O3S/c1-3-13-10-5-6-11(15-9-10)12(16)14-7-4-8-19(2,17)18/h5-6,9,13H,3-4,7-8H2,1-2H3,(H,14,16). The third-order valence-electron chi connectivity index (χ3n) is 2.35. The van der Waals surface area contributed by atoms with Crippen LogP contribution in [-0.2, 0) is 9.84 Å². The summed E-state index contributed by atoms with van der Waals surface area (Å²) in [6.45, 7) is 3.09. The van der Waals surface area contributed by atoms with E-state index >= 15 is 0 Å². The van der Waals surface area contributed by atoms with Gasteiger partial charge in [0.25, 0.3) is 5.91 Å². The van der Waals surface area contributed by atoms with Crippen LogP contribution >= 0.6 is 0 Å². The van der Waals surface area contributed by atoms with Crippen molar-refractivity contribution in [3.8, 4) is 0 Å². The van der Waals surface area contributed by atoms with Crippen LogP contribution in [0.2, 0.25) is 0 Å². The van der Waals surface area contributed by atoms with Gasteiger partial charge in [-0.05, 0) is 25.5 Å². The summed E-state index contributed by atoms with van der Waals surface area (Å²) in [4.78, 5) is 15.7. The Morgan fingerprint density at radius 1 is 1.37 bits per heavy atom. The highest BCUT2D eigenvalue weighted by atomic mass is 32.2. The molecule has 0 aliphatic carbocycles. The number of anilines is 1. The second kappa shape index (κ2) is 7.08. The first-order valence-corrected chi connectivity index (χ1v) is 8.14.